The van der Waals surface area contributed by atoms with Gasteiger partial charge in [0, 0.05) is 69.6 Å². The number of hydrogen-bond acceptors (Lipinski definition) is 9. The van der Waals surface area contributed by atoms with E-state index in [2.05, 4.69) is 21.3 Å². The summed E-state index contributed by atoms with van der Waals surface area (Å²) in [6, 6.07) is 0. The van der Waals surface area contributed by atoms with Crippen LogP contribution in [0.15, 0.2) is 0 Å². The number of carbonyl (C=O) groups is 5. The summed E-state index contributed by atoms with van der Waals surface area (Å²) in [6.45, 7) is 29.5. The minimum absolute atomic E-state index is 0.0386. The van der Waals surface area contributed by atoms with Crippen LogP contribution in [0.2, 0.25) is 0 Å². The van der Waals surface area contributed by atoms with Gasteiger partial charge in [0.15, 0.2) is 0 Å². The van der Waals surface area contributed by atoms with Crippen LogP contribution in [0.4, 0.5) is 9.59 Å². The number of ether oxygens (including phenoxy) is 2. The Labute approximate surface area is 318 Å². The number of rotatable bonds is 22. The number of ketones is 1. The van der Waals surface area contributed by atoms with Gasteiger partial charge in [-0.2, -0.15) is 0 Å². The van der Waals surface area contributed by atoms with Gasteiger partial charge in [0.1, 0.15) is 17.0 Å². The van der Waals surface area contributed by atoms with E-state index in [-0.39, 0.29) is 77.8 Å². The first kappa shape index (κ1) is 49.6. The molecule has 0 rings (SSSR count). The minimum Gasteiger partial charge on any atom is -0.444 e. The Morgan fingerprint density at radius 1 is 0.509 bits per heavy atom. The standard InChI is InChI=1S/C39H73N5O9/c1-28(45)16-19-39(44(50)51,20-17-29(46)40-24-35(8,9)22-37(12,13)26-42-31(48)52-33(2,3)4)21-18-30(47)41-25-36(10,11)23-38(14,15)27-43-32(49)53-34(5,6)7/h16-27H2,1-15H3,(H,40,46)(H,41,47)(H,42,48)(H,43,49). The summed E-state index contributed by atoms with van der Waals surface area (Å²) in [5, 5.41) is 24.0. The van der Waals surface area contributed by atoms with Crippen molar-refractivity contribution in [3.05, 3.63) is 10.1 Å². The van der Waals surface area contributed by atoms with Crippen LogP contribution >= 0.6 is 0 Å². The van der Waals surface area contributed by atoms with E-state index in [4.69, 9.17) is 9.47 Å². The maximum atomic E-state index is 13.0. The number of nitro groups is 1. The quantitative estimate of drug-likeness (QED) is 0.0658. The predicted octanol–water partition coefficient (Wildman–Crippen LogP) is 7.10. The van der Waals surface area contributed by atoms with Crippen LogP contribution in [-0.4, -0.2) is 77.6 Å². The van der Waals surface area contributed by atoms with Crippen LogP contribution in [0.3, 0.4) is 0 Å². The zero-order chi connectivity index (χ0) is 41.7. The second kappa shape index (κ2) is 19.8. The van der Waals surface area contributed by atoms with Crippen molar-refractivity contribution in [3.8, 4) is 0 Å². The molecule has 0 aromatic rings. The monoisotopic (exact) mass is 756 g/mol. The second-order valence-corrected chi connectivity index (χ2v) is 20.0. The number of nitrogens with zero attached hydrogens (tertiary/aromatic N) is 1. The van der Waals surface area contributed by atoms with E-state index in [0.29, 0.717) is 39.0 Å². The van der Waals surface area contributed by atoms with Crippen LogP contribution in [-0.2, 0) is 23.9 Å². The van der Waals surface area contributed by atoms with Gasteiger partial charge in [0.05, 0.1) is 0 Å². The number of nitrogens with one attached hydrogen (secondary N) is 4. The van der Waals surface area contributed by atoms with Gasteiger partial charge in [-0.3, -0.25) is 19.7 Å². The van der Waals surface area contributed by atoms with Crippen molar-refractivity contribution < 1.29 is 38.4 Å². The zero-order valence-electron chi connectivity index (χ0n) is 35.6. The Bertz CT molecular complexity index is 1180. The normalized spacial score (nSPS) is 13.1. The van der Waals surface area contributed by atoms with Gasteiger partial charge < -0.3 is 35.5 Å². The highest BCUT2D eigenvalue weighted by atomic mass is 16.6. The fraction of sp³-hybridized carbons (Fsp3) is 0.872. The smallest absolute Gasteiger partial charge is 0.407 e. The molecule has 0 aromatic carbocycles. The van der Waals surface area contributed by atoms with Gasteiger partial charge in [-0.1, -0.05) is 55.4 Å². The number of hydrogen-bond donors (Lipinski definition) is 4. The van der Waals surface area contributed by atoms with Crippen LogP contribution in [0.25, 0.3) is 0 Å². The molecule has 0 saturated carbocycles. The maximum Gasteiger partial charge on any atom is 0.407 e. The second-order valence-electron chi connectivity index (χ2n) is 20.0. The van der Waals surface area contributed by atoms with Crippen molar-refractivity contribution in [2.24, 2.45) is 21.7 Å². The SMILES string of the molecule is CC(=O)CCC(CCC(=O)NCC(C)(C)CC(C)(C)CNC(=O)OC(C)(C)C)(CCC(=O)NCC(C)(C)CC(C)(C)CNC(=O)OC(C)(C)C)[N+](=O)[O-]. The molecule has 0 unspecified atom stereocenters. The van der Waals surface area contributed by atoms with Crippen LogP contribution in [0.5, 0.6) is 0 Å². The minimum atomic E-state index is -1.63. The molecule has 0 heterocycles. The molecule has 0 bridgehead atoms. The Hall–Kier alpha value is -3.45. The Morgan fingerprint density at radius 3 is 1.06 bits per heavy atom. The lowest BCUT2D eigenvalue weighted by molar-refractivity contribution is -0.573. The first-order chi connectivity index (χ1) is 23.7. The largest absolute Gasteiger partial charge is 0.444 e. The Balaban J connectivity index is 5.31. The summed E-state index contributed by atoms with van der Waals surface area (Å²) in [4.78, 5) is 74.4. The third-order valence-corrected chi connectivity index (χ3v) is 8.63. The summed E-state index contributed by atoms with van der Waals surface area (Å²) in [7, 11) is 0. The number of Topliss-reactive ketones (excluding diaryl/α,β-unsaturated/α-hetero) is 1. The first-order valence-corrected chi connectivity index (χ1v) is 18.8. The van der Waals surface area contributed by atoms with E-state index >= 15 is 0 Å². The molecule has 0 aliphatic rings. The van der Waals surface area contributed by atoms with E-state index in [1.54, 1.807) is 41.5 Å². The molecule has 0 saturated heterocycles. The molecule has 14 nitrogen and oxygen atoms in total. The van der Waals surface area contributed by atoms with Crippen molar-refractivity contribution in [1.82, 2.24) is 21.3 Å². The van der Waals surface area contributed by atoms with Crippen molar-refractivity contribution in [3.63, 3.8) is 0 Å². The van der Waals surface area contributed by atoms with Crippen molar-refractivity contribution in [1.29, 1.82) is 0 Å². The van der Waals surface area contributed by atoms with E-state index in [1.165, 1.54) is 6.92 Å². The van der Waals surface area contributed by atoms with Crippen molar-refractivity contribution >= 4 is 29.8 Å². The Morgan fingerprint density at radius 2 is 0.792 bits per heavy atom. The highest BCUT2D eigenvalue weighted by molar-refractivity contribution is 5.77. The van der Waals surface area contributed by atoms with E-state index in [1.807, 2.05) is 55.4 Å². The maximum absolute atomic E-state index is 13.0. The molecular weight excluding hydrogens is 682 g/mol. The van der Waals surface area contributed by atoms with Gasteiger partial charge in [0.25, 0.3) is 0 Å². The van der Waals surface area contributed by atoms with Gasteiger partial charge in [-0.05, 0) is 83.0 Å². The molecular formula is C39H73N5O9. The van der Waals surface area contributed by atoms with Crippen LogP contribution in [0, 0.1) is 31.8 Å². The molecule has 4 N–H and O–H groups in total. The molecule has 4 amide bonds. The zero-order valence-corrected chi connectivity index (χ0v) is 35.6. The van der Waals surface area contributed by atoms with Gasteiger partial charge in [0.2, 0.25) is 17.4 Å². The predicted molar refractivity (Wildman–Crippen MR) is 207 cm³/mol. The molecule has 0 radical (unpaired) electrons. The number of carbonyl (C=O) groups excluding carboxylic acids is 5. The molecule has 0 aliphatic heterocycles. The highest BCUT2D eigenvalue weighted by Crippen LogP contribution is 2.35. The van der Waals surface area contributed by atoms with Crippen molar-refractivity contribution in [2.75, 3.05) is 26.2 Å². The summed E-state index contributed by atoms with van der Waals surface area (Å²) in [5.41, 5.74) is -4.20. The average molecular weight is 756 g/mol. The van der Waals surface area contributed by atoms with Crippen molar-refractivity contribution in [2.45, 2.75) is 172 Å². The first-order valence-electron chi connectivity index (χ1n) is 18.8. The Kier molecular flexibility index (Phi) is 18.5. The van der Waals surface area contributed by atoms with E-state index < -0.39 is 33.9 Å². The topological polar surface area (TPSA) is 195 Å². The average Bonchev–Trinajstić information content (AvgIpc) is 2.94. The van der Waals surface area contributed by atoms with Crippen LogP contribution < -0.4 is 21.3 Å². The van der Waals surface area contributed by atoms with Gasteiger partial charge in [-0.15, -0.1) is 0 Å². The van der Waals surface area contributed by atoms with E-state index in [0.717, 1.165) is 0 Å². The third-order valence-electron chi connectivity index (χ3n) is 8.63. The fourth-order valence-corrected chi connectivity index (χ4v) is 6.69. The summed E-state index contributed by atoms with van der Waals surface area (Å²) in [5.74, 6) is -0.917. The molecule has 53 heavy (non-hydrogen) atoms. The highest BCUT2D eigenvalue weighted by Gasteiger charge is 2.43. The fourth-order valence-electron chi connectivity index (χ4n) is 6.69. The third kappa shape index (κ3) is 23.8. The number of amides is 4. The molecule has 14 heteroatoms. The lowest BCUT2D eigenvalue weighted by Gasteiger charge is -2.35. The van der Waals surface area contributed by atoms with Gasteiger partial charge >= 0.3 is 12.2 Å². The van der Waals surface area contributed by atoms with Gasteiger partial charge in [-0.25, -0.2) is 9.59 Å². The molecule has 0 fully saturated rings. The molecule has 0 spiro atoms. The molecule has 0 aliphatic carbocycles. The van der Waals surface area contributed by atoms with E-state index in [9.17, 15) is 34.1 Å². The van der Waals surface area contributed by atoms with Crippen LogP contribution in [0.1, 0.15) is 155 Å². The molecule has 0 aromatic heterocycles. The summed E-state index contributed by atoms with van der Waals surface area (Å²) < 4.78 is 10.7. The lowest BCUT2D eigenvalue weighted by atomic mass is 9.75. The summed E-state index contributed by atoms with van der Waals surface area (Å²) in [6.07, 6.45) is -0.331. The number of alkyl carbamates (subject to hydrolysis) is 2. The molecule has 0 atom stereocenters. The lowest BCUT2D eigenvalue weighted by Crippen LogP contribution is -2.44. The molecule has 308 valence electrons. The summed E-state index contributed by atoms with van der Waals surface area (Å²) >= 11 is 0.